The molecule has 8 heteroatoms. The van der Waals surface area contributed by atoms with Crippen LogP contribution in [0.3, 0.4) is 0 Å². The monoisotopic (exact) mass is 398 g/mol. The number of nitrogens with zero attached hydrogens (tertiary/aromatic N) is 1. The topological polar surface area (TPSA) is 98.9 Å². The summed E-state index contributed by atoms with van der Waals surface area (Å²) in [7, 11) is 1.43. The first kappa shape index (κ1) is 22.9. The number of carbonyl (C=O) groups excluding carboxylic acids is 3. The van der Waals surface area contributed by atoms with Crippen molar-refractivity contribution in [3.63, 3.8) is 0 Å². The van der Waals surface area contributed by atoms with Gasteiger partial charge in [0, 0.05) is 18.1 Å². The molecule has 0 bridgehead atoms. The van der Waals surface area contributed by atoms with Gasteiger partial charge in [-0.15, -0.1) is 0 Å². The predicted molar refractivity (Wildman–Crippen MR) is 102 cm³/mol. The maximum atomic E-state index is 12.4. The normalized spacial score (nSPS) is 13.2. The van der Waals surface area contributed by atoms with Gasteiger partial charge in [0.15, 0.2) is 0 Å². The Morgan fingerprint density at radius 3 is 2.15 bits per heavy atom. The first-order chi connectivity index (χ1) is 12.5. The van der Waals surface area contributed by atoms with Gasteiger partial charge in [0.25, 0.3) is 0 Å². The Morgan fingerprint density at radius 1 is 1.11 bits per heavy atom. The largest absolute Gasteiger partial charge is 0.447 e. The molecule has 27 heavy (non-hydrogen) atoms. The highest BCUT2D eigenvalue weighted by atomic mass is 35.5. The summed E-state index contributed by atoms with van der Waals surface area (Å²) in [5.74, 6) is -1.86. The lowest BCUT2D eigenvalue weighted by Crippen LogP contribution is -2.47. The van der Waals surface area contributed by atoms with Gasteiger partial charge in [-0.25, -0.2) is 9.59 Å². The van der Waals surface area contributed by atoms with Crippen molar-refractivity contribution in [3.05, 3.63) is 34.9 Å². The van der Waals surface area contributed by atoms with Gasteiger partial charge in [0.05, 0.1) is 12.5 Å². The summed E-state index contributed by atoms with van der Waals surface area (Å²) in [6.45, 7) is 6.90. The molecular formula is C19H27ClN2O5. The Bertz CT molecular complexity index is 661. The zero-order valence-electron chi connectivity index (χ0n) is 16.3. The fourth-order valence-electron chi connectivity index (χ4n) is 2.50. The van der Waals surface area contributed by atoms with Crippen molar-refractivity contribution in [1.29, 1.82) is 0 Å². The molecule has 1 rings (SSSR count). The Kier molecular flexibility index (Phi) is 8.72. The van der Waals surface area contributed by atoms with Gasteiger partial charge in [0.1, 0.15) is 6.04 Å². The molecule has 1 unspecified atom stereocenters. The molecule has 2 N–H and O–H groups in total. The lowest BCUT2D eigenvalue weighted by Gasteiger charge is -2.29. The fourth-order valence-corrected chi connectivity index (χ4v) is 2.62. The van der Waals surface area contributed by atoms with Crippen LogP contribution in [-0.2, 0) is 19.1 Å². The van der Waals surface area contributed by atoms with Gasteiger partial charge in [-0.2, -0.15) is 0 Å². The van der Waals surface area contributed by atoms with Crippen LogP contribution in [0.15, 0.2) is 24.3 Å². The van der Waals surface area contributed by atoms with Crippen molar-refractivity contribution in [1.82, 2.24) is 4.90 Å². The van der Waals surface area contributed by atoms with Gasteiger partial charge in [-0.1, -0.05) is 37.6 Å². The number of hydrogen-bond acceptors (Lipinski definition) is 6. The predicted octanol–water partition coefficient (Wildman–Crippen LogP) is 3.30. The highest BCUT2D eigenvalue weighted by Gasteiger charge is 2.34. The minimum Gasteiger partial charge on any atom is -0.447 e. The maximum absolute atomic E-state index is 12.4. The van der Waals surface area contributed by atoms with Crippen molar-refractivity contribution >= 4 is 29.6 Å². The van der Waals surface area contributed by atoms with Crippen molar-refractivity contribution in [3.8, 4) is 0 Å². The summed E-state index contributed by atoms with van der Waals surface area (Å²) >= 11 is 5.82. The standard InChI is InChI=1S/C19H27ClN2O5/c1-11(2)17(22(5)19(25)26-12(3)4)18(24)27-16(23)10-15(21)13-6-8-14(20)9-7-13/h6-9,11-12,15,17H,10,21H2,1-5H3/t15?,17-/m0/s1. The summed E-state index contributed by atoms with van der Waals surface area (Å²) in [5, 5.41) is 0.555. The Balaban J connectivity index is 2.73. The van der Waals surface area contributed by atoms with Crippen LogP contribution in [0.2, 0.25) is 5.02 Å². The SMILES string of the molecule is CC(C)OC(=O)N(C)[C@H](C(=O)OC(=O)CC(N)c1ccc(Cl)cc1)C(C)C. The number of nitrogens with two attached hydrogens (primary N) is 1. The molecule has 0 saturated carbocycles. The number of likely N-dealkylation sites (N-methyl/N-ethyl adjacent to an activating group) is 1. The lowest BCUT2D eigenvalue weighted by molar-refractivity contribution is -0.164. The summed E-state index contributed by atoms with van der Waals surface area (Å²) in [6.07, 6.45) is -1.17. The van der Waals surface area contributed by atoms with E-state index < -0.39 is 30.1 Å². The zero-order valence-corrected chi connectivity index (χ0v) is 17.0. The molecule has 0 fully saturated rings. The third kappa shape index (κ3) is 7.19. The molecule has 0 saturated heterocycles. The van der Waals surface area contributed by atoms with Gasteiger partial charge < -0.3 is 15.2 Å². The smallest absolute Gasteiger partial charge is 0.410 e. The van der Waals surface area contributed by atoms with Crippen LogP contribution in [-0.4, -0.2) is 42.1 Å². The van der Waals surface area contributed by atoms with Gasteiger partial charge in [-0.3, -0.25) is 9.69 Å². The van der Waals surface area contributed by atoms with Gasteiger partial charge in [-0.05, 0) is 37.5 Å². The van der Waals surface area contributed by atoms with Crippen LogP contribution in [0, 0.1) is 5.92 Å². The number of amides is 1. The molecule has 1 amide bonds. The number of benzene rings is 1. The van der Waals surface area contributed by atoms with Crippen molar-refractivity contribution in [2.24, 2.45) is 11.7 Å². The Morgan fingerprint density at radius 2 is 1.67 bits per heavy atom. The molecular weight excluding hydrogens is 372 g/mol. The van der Waals surface area contributed by atoms with Crippen LogP contribution in [0.5, 0.6) is 0 Å². The zero-order chi connectivity index (χ0) is 20.7. The minimum absolute atomic E-state index is 0.182. The lowest BCUT2D eigenvalue weighted by atomic mass is 10.0. The highest BCUT2D eigenvalue weighted by molar-refractivity contribution is 6.30. The number of ether oxygens (including phenoxy) is 2. The summed E-state index contributed by atoms with van der Waals surface area (Å²) in [6, 6.07) is 5.15. The average Bonchev–Trinajstić information content (AvgIpc) is 2.54. The molecule has 7 nitrogen and oxygen atoms in total. The molecule has 0 spiro atoms. The number of hydrogen-bond donors (Lipinski definition) is 1. The van der Waals surface area contributed by atoms with Gasteiger partial charge in [0.2, 0.25) is 0 Å². The van der Waals surface area contributed by atoms with Crippen molar-refractivity contribution in [2.75, 3.05) is 7.05 Å². The third-order valence-corrected chi connectivity index (χ3v) is 4.07. The van der Waals surface area contributed by atoms with Crippen LogP contribution in [0.1, 0.15) is 45.7 Å². The number of esters is 2. The molecule has 0 heterocycles. The number of carbonyl (C=O) groups is 3. The highest BCUT2D eigenvalue weighted by Crippen LogP contribution is 2.19. The van der Waals surface area contributed by atoms with E-state index in [1.807, 2.05) is 0 Å². The maximum Gasteiger partial charge on any atom is 0.410 e. The van der Waals surface area contributed by atoms with Crippen molar-refractivity contribution < 1.29 is 23.9 Å². The van der Waals surface area contributed by atoms with E-state index in [2.05, 4.69) is 0 Å². The molecule has 1 aromatic carbocycles. The molecule has 2 atom stereocenters. The van der Waals surface area contributed by atoms with E-state index in [1.54, 1.807) is 52.0 Å². The van der Waals surface area contributed by atoms with Crippen molar-refractivity contribution in [2.45, 2.75) is 52.3 Å². The van der Waals surface area contributed by atoms with Crippen LogP contribution < -0.4 is 5.73 Å². The van der Waals surface area contributed by atoms with E-state index >= 15 is 0 Å². The Hall–Kier alpha value is -2.12. The molecule has 1 aromatic rings. The first-order valence-electron chi connectivity index (χ1n) is 8.72. The second-order valence-electron chi connectivity index (χ2n) is 6.89. The summed E-state index contributed by atoms with van der Waals surface area (Å²) in [4.78, 5) is 37.8. The van der Waals surface area contributed by atoms with E-state index in [0.29, 0.717) is 10.6 Å². The second kappa shape index (κ2) is 10.3. The molecule has 150 valence electrons. The van der Waals surface area contributed by atoms with E-state index in [1.165, 1.54) is 7.05 Å². The van der Waals surface area contributed by atoms with Gasteiger partial charge >= 0.3 is 18.0 Å². The first-order valence-corrected chi connectivity index (χ1v) is 9.09. The Labute approximate surface area is 164 Å². The summed E-state index contributed by atoms with van der Waals surface area (Å²) < 4.78 is 10.0. The second-order valence-corrected chi connectivity index (χ2v) is 7.32. The molecule has 0 aliphatic heterocycles. The molecule has 0 aromatic heterocycles. The van der Waals surface area contributed by atoms with Crippen LogP contribution in [0.25, 0.3) is 0 Å². The quantitative estimate of drug-likeness (QED) is 0.558. The van der Waals surface area contributed by atoms with E-state index in [0.717, 1.165) is 4.90 Å². The van der Waals surface area contributed by atoms with Crippen LogP contribution >= 0.6 is 11.6 Å². The molecule has 0 aliphatic rings. The van der Waals surface area contributed by atoms with E-state index in [9.17, 15) is 14.4 Å². The van der Waals surface area contributed by atoms with E-state index in [4.69, 9.17) is 26.8 Å². The number of rotatable bonds is 7. The third-order valence-electron chi connectivity index (χ3n) is 3.81. The molecule has 0 aliphatic carbocycles. The summed E-state index contributed by atoms with van der Waals surface area (Å²) in [5.41, 5.74) is 6.68. The number of halogens is 1. The molecule has 0 radical (unpaired) electrons. The van der Waals surface area contributed by atoms with Crippen LogP contribution in [0.4, 0.5) is 4.79 Å². The minimum atomic E-state index is -0.952. The fraction of sp³-hybridized carbons (Fsp3) is 0.526. The van der Waals surface area contributed by atoms with E-state index in [-0.39, 0.29) is 18.4 Å². The average molecular weight is 399 g/mol.